The van der Waals surface area contributed by atoms with E-state index in [1.165, 1.54) is 6.42 Å². The number of amides is 2. The Morgan fingerprint density at radius 3 is 2.50 bits per heavy atom. The van der Waals surface area contributed by atoms with Gasteiger partial charge in [0.15, 0.2) is 0 Å². The second-order valence-electron chi connectivity index (χ2n) is 7.06. The summed E-state index contributed by atoms with van der Waals surface area (Å²) in [5.41, 5.74) is 0.173. The van der Waals surface area contributed by atoms with E-state index in [0.29, 0.717) is 6.04 Å². The molecule has 1 saturated heterocycles. The number of carbonyl (C=O) groups is 2. The van der Waals surface area contributed by atoms with E-state index in [0.717, 1.165) is 51.6 Å². The summed E-state index contributed by atoms with van der Waals surface area (Å²) < 4.78 is 0. The lowest BCUT2D eigenvalue weighted by molar-refractivity contribution is -0.139. The van der Waals surface area contributed by atoms with Gasteiger partial charge in [-0.2, -0.15) is 0 Å². The highest BCUT2D eigenvalue weighted by atomic mass is 16.4. The fourth-order valence-corrected chi connectivity index (χ4v) is 4.29. The summed E-state index contributed by atoms with van der Waals surface area (Å²) in [6, 6.07) is 0.600. The molecule has 0 unspecified atom stereocenters. The molecule has 0 aromatic rings. The van der Waals surface area contributed by atoms with E-state index in [1.54, 1.807) is 0 Å². The van der Waals surface area contributed by atoms with Crippen LogP contribution in [0.25, 0.3) is 0 Å². The first-order valence-corrected chi connectivity index (χ1v) is 8.58. The molecule has 3 rings (SSSR count). The molecule has 3 aliphatic rings. The van der Waals surface area contributed by atoms with Gasteiger partial charge in [0.05, 0.1) is 6.54 Å². The summed E-state index contributed by atoms with van der Waals surface area (Å²) >= 11 is 0. The Kier molecular flexibility index (Phi) is 4.30. The molecule has 2 amide bonds. The maximum absolute atomic E-state index is 12.5. The van der Waals surface area contributed by atoms with Crippen LogP contribution in [0.3, 0.4) is 0 Å². The minimum absolute atomic E-state index is 0.0943. The van der Waals surface area contributed by atoms with Gasteiger partial charge >= 0.3 is 12.0 Å². The van der Waals surface area contributed by atoms with Crippen molar-refractivity contribution in [1.82, 2.24) is 15.1 Å². The second kappa shape index (κ2) is 6.07. The van der Waals surface area contributed by atoms with Gasteiger partial charge < -0.3 is 15.3 Å². The largest absolute Gasteiger partial charge is 0.480 e. The topological polar surface area (TPSA) is 72.9 Å². The maximum Gasteiger partial charge on any atom is 0.318 e. The van der Waals surface area contributed by atoms with E-state index in [9.17, 15) is 9.59 Å². The van der Waals surface area contributed by atoms with Crippen molar-refractivity contribution in [3.8, 4) is 0 Å². The molecule has 1 heterocycles. The first-order chi connectivity index (χ1) is 10.5. The summed E-state index contributed by atoms with van der Waals surface area (Å²) in [5, 5.41) is 12.1. The number of carboxylic acid groups (broad SMARTS) is 1. The van der Waals surface area contributed by atoms with Crippen LogP contribution in [0.15, 0.2) is 0 Å². The van der Waals surface area contributed by atoms with Crippen molar-refractivity contribution in [3.05, 3.63) is 0 Å². The summed E-state index contributed by atoms with van der Waals surface area (Å²) in [6.45, 7) is 3.71. The molecule has 124 valence electrons. The molecule has 2 aliphatic carbocycles. The van der Waals surface area contributed by atoms with Gasteiger partial charge in [-0.05, 0) is 51.5 Å². The van der Waals surface area contributed by atoms with E-state index < -0.39 is 5.97 Å². The molecule has 1 aliphatic heterocycles. The van der Waals surface area contributed by atoms with E-state index in [-0.39, 0.29) is 24.2 Å². The third-order valence-corrected chi connectivity index (χ3v) is 5.83. The molecule has 0 aromatic heterocycles. The number of urea groups is 1. The predicted molar refractivity (Wildman–Crippen MR) is 82.7 cm³/mol. The van der Waals surface area contributed by atoms with Gasteiger partial charge in [0.2, 0.25) is 0 Å². The third kappa shape index (κ3) is 2.81. The van der Waals surface area contributed by atoms with Gasteiger partial charge in [0.1, 0.15) is 0 Å². The molecule has 2 N–H and O–H groups in total. The Hall–Kier alpha value is -1.30. The monoisotopic (exact) mass is 309 g/mol. The zero-order chi connectivity index (χ0) is 15.7. The lowest BCUT2D eigenvalue weighted by atomic mass is 9.75. The highest BCUT2D eigenvalue weighted by Gasteiger charge is 2.48. The van der Waals surface area contributed by atoms with Gasteiger partial charge in [-0.1, -0.05) is 6.92 Å². The second-order valence-corrected chi connectivity index (χ2v) is 7.06. The van der Waals surface area contributed by atoms with Gasteiger partial charge in [0, 0.05) is 24.2 Å². The van der Waals surface area contributed by atoms with Gasteiger partial charge in [0.25, 0.3) is 0 Å². The number of carbonyl (C=O) groups excluding carboxylic acids is 1. The van der Waals surface area contributed by atoms with Crippen LogP contribution in [-0.2, 0) is 4.79 Å². The minimum Gasteiger partial charge on any atom is -0.480 e. The smallest absolute Gasteiger partial charge is 0.318 e. The molecule has 6 nitrogen and oxygen atoms in total. The van der Waals surface area contributed by atoms with E-state index in [2.05, 4.69) is 10.2 Å². The summed E-state index contributed by atoms with van der Waals surface area (Å²) in [7, 11) is 0. The number of nitrogens with zero attached hydrogens (tertiary/aromatic N) is 2. The van der Waals surface area contributed by atoms with Gasteiger partial charge in [-0.3, -0.25) is 9.69 Å². The van der Waals surface area contributed by atoms with E-state index >= 15 is 0 Å². The van der Waals surface area contributed by atoms with Crippen LogP contribution in [0.4, 0.5) is 4.79 Å². The maximum atomic E-state index is 12.5. The predicted octanol–water partition coefficient (Wildman–Crippen LogP) is 1.65. The van der Waals surface area contributed by atoms with Crippen molar-refractivity contribution in [1.29, 1.82) is 0 Å². The Morgan fingerprint density at radius 2 is 1.95 bits per heavy atom. The van der Waals surface area contributed by atoms with Crippen LogP contribution in [0, 0.1) is 0 Å². The molecule has 0 aromatic carbocycles. The Morgan fingerprint density at radius 1 is 1.27 bits per heavy atom. The summed E-state index contributed by atoms with van der Waals surface area (Å²) in [6.07, 6.45) is 7.60. The average molecular weight is 309 g/mol. The van der Waals surface area contributed by atoms with E-state index in [1.807, 2.05) is 11.8 Å². The molecule has 3 fully saturated rings. The van der Waals surface area contributed by atoms with E-state index in [4.69, 9.17) is 5.11 Å². The molecule has 0 bridgehead atoms. The number of likely N-dealkylation sites (tertiary alicyclic amines) is 1. The highest BCUT2D eigenvalue weighted by Crippen LogP contribution is 2.45. The van der Waals surface area contributed by atoms with Crippen molar-refractivity contribution < 1.29 is 14.7 Å². The number of nitrogens with one attached hydrogen (secondary N) is 1. The number of likely N-dealkylation sites (N-methyl/N-ethyl adjacent to an activating group) is 1. The average Bonchev–Trinajstić information content (AvgIpc) is 2.84. The lowest BCUT2D eigenvalue weighted by Crippen LogP contribution is -2.60. The fourth-order valence-electron chi connectivity index (χ4n) is 4.29. The highest BCUT2D eigenvalue weighted by molar-refractivity contribution is 5.76. The van der Waals surface area contributed by atoms with Gasteiger partial charge in [-0.25, -0.2) is 4.79 Å². The Labute approximate surface area is 131 Å². The van der Waals surface area contributed by atoms with Crippen molar-refractivity contribution >= 4 is 12.0 Å². The molecule has 1 spiro atoms. The Balaban J connectivity index is 1.45. The SMILES string of the molecule is CCN(CC(=O)O)C1CC(NC(=O)N2CCCC23CCC3)C1. The number of rotatable bonds is 5. The first-order valence-electron chi connectivity index (χ1n) is 8.58. The minimum atomic E-state index is -0.779. The van der Waals surface area contributed by atoms with Crippen LogP contribution in [-0.4, -0.2) is 64.2 Å². The number of aliphatic carboxylic acids is 1. The van der Waals surface area contributed by atoms with Crippen LogP contribution in [0.5, 0.6) is 0 Å². The molecular weight excluding hydrogens is 282 g/mol. The van der Waals surface area contributed by atoms with Gasteiger partial charge in [-0.15, -0.1) is 0 Å². The molecular formula is C16H27N3O3. The first kappa shape index (κ1) is 15.6. The summed E-state index contributed by atoms with van der Waals surface area (Å²) in [4.78, 5) is 27.4. The fraction of sp³-hybridized carbons (Fsp3) is 0.875. The lowest BCUT2D eigenvalue weighted by Gasteiger charge is -2.47. The molecule has 6 heteroatoms. The quantitative estimate of drug-likeness (QED) is 0.810. The zero-order valence-corrected chi connectivity index (χ0v) is 13.4. The third-order valence-electron chi connectivity index (χ3n) is 5.83. The molecule has 0 atom stereocenters. The van der Waals surface area contributed by atoms with Crippen LogP contribution >= 0.6 is 0 Å². The van der Waals surface area contributed by atoms with Crippen molar-refractivity contribution in [2.45, 2.75) is 69.5 Å². The number of hydrogen-bond acceptors (Lipinski definition) is 3. The van der Waals surface area contributed by atoms with Crippen LogP contribution in [0.1, 0.15) is 51.9 Å². The molecule has 22 heavy (non-hydrogen) atoms. The van der Waals surface area contributed by atoms with Crippen molar-refractivity contribution in [2.24, 2.45) is 0 Å². The number of hydrogen-bond donors (Lipinski definition) is 2. The number of carboxylic acids is 1. The summed E-state index contributed by atoms with van der Waals surface area (Å²) in [5.74, 6) is -0.779. The molecule has 0 radical (unpaired) electrons. The van der Waals surface area contributed by atoms with Crippen LogP contribution < -0.4 is 5.32 Å². The Bertz CT molecular complexity index is 444. The normalized spacial score (nSPS) is 29.3. The van der Waals surface area contributed by atoms with Crippen molar-refractivity contribution in [2.75, 3.05) is 19.6 Å². The van der Waals surface area contributed by atoms with Crippen molar-refractivity contribution in [3.63, 3.8) is 0 Å². The standard InChI is InChI=1S/C16H27N3O3/c1-2-18(11-14(20)21)13-9-12(10-13)17-15(22)19-8-4-7-16(19)5-3-6-16/h12-13H,2-11H2,1H3,(H,17,22)(H,20,21). The zero-order valence-electron chi connectivity index (χ0n) is 13.4. The molecule has 2 saturated carbocycles. The van der Waals surface area contributed by atoms with Crippen LogP contribution in [0.2, 0.25) is 0 Å².